The average molecular weight is 372 g/mol. The maximum absolute atomic E-state index is 13.1. The maximum atomic E-state index is 13.1. The van der Waals surface area contributed by atoms with E-state index in [1.807, 2.05) is 25.5 Å². The lowest BCUT2D eigenvalue weighted by atomic mass is 10.0. The molecule has 0 aliphatic heterocycles. The van der Waals surface area contributed by atoms with Gasteiger partial charge < -0.3 is 4.98 Å². The van der Waals surface area contributed by atoms with E-state index < -0.39 is 0 Å². The Kier molecular flexibility index (Phi) is 3.23. The minimum absolute atomic E-state index is 0.370. The van der Waals surface area contributed by atoms with E-state index in [4.69, 9.17) is 0 Å². The van der Waals surface area contributed by atoms with Gasteiger partial charge in [-0.15, -0.1) is 0 Å². The standard InChI is InChI=1S/C16H11BrFN5/c1-23-8-11(15(22-23)13-3-2-9(18)6-20-13)10-4-5-19-16-14(10)12(17)7-21-16/h2-8H,1H3,(H,19,21). The number of aryl methyl sites for hydroxylation is 1. The van der Waals surface area contributed by atoms with Crippen LogP contribution in [-0.2, 0) is 7.05 Å². The summed E-state index contributed by atoms with van der Waals surface area (Å²) in [7, 11) is 1.85. The molecule has 0 aromatic carbocycles. The molecule has 0 aliphatic carbocycles. The molecule has 4 rings (SSSR count). The molecule has 0 bridgehead atoms. The summed E-state index contributed by atoms with van der Waals surface area (Å²) in [6.07, 6.45) is 6.72. The van der Waals surface area contributed by atoms with E-state index in [9.17, 15) is 4.39 Å². The van der Waals surface area contributed by atoms with Gasteiger partial charge in [0.1, 0.15) is 17.2 Å². The number of fused-ring (bicyclic) bond motifs is 1. The molecule has 1 N–H and O–H groups in total. The highest BCUT2D eigenvalue weighted by Gasteiger charge is 2.17. The number of pyridine rings is 2. The van der Waals surface area contributed by atoms with E-state index in [2.05, 4.69) is 36.0 Å². The van der Waals surface area contributed by atoms with Crippen molar-refractivity contribution in [2.75, 3.05) is 0 Å². The van der Waals surface area contributed by atoms with Gasteiger partial charge in [-0.1, -0.05) is 0 Å². The molecule has 5 nitrogen and oxygen atoms in total. The summed E-state index contributed by atoms with van der Waals surface area (Å²) in [6.45, 7) is 0. The summed E-state index contributed by atoms with van der Waals surface area (Å²) in [5, 5.41) is 5.47. The first-order valence-corrected chi connectivity index (χ1v) is 7.70. The van der Waals surface area contributed by atoms with Gasteiger partial charge in [0.2, 0.25) is 0 Å². The fraction of sp³-hybridized carbons (Fsp3) is 0.0625. The number of rotatable bonds is 2. The predicted octanol–water partition coefficient (Wildman–Crippen LogP) is 3.93. The number of halogens is 2. The Labute approximate surface area is 139 Å². The van der Waals surface area contributed by atoms with E-state index in [0.717, 1.165) is 26.6 Å². The van der Waals surface area contributed by atoms with Gasteiger partial charge in [-0.3, -0.25) is 9.67 Å². The minimum Gasteiger partial charge on any atom is -0.345 e. The molecule has 0 amide bonds. The van der Waals surface area contributed by atoms with Crippen LogP contribution >= 0.6 is 15.9 Å². The molecule has 0 radical (unpaired) electrons. The molecule has 4 aromatic heterocycles. The first kappa shape index (κ1) is 14.1. The second-order valence-corrected chi connectivity index (χ2v) is 6.00. The van der Waals surface area contributed by atoms with Crippen LogP contribution < -0.4 is 0 Å². The quantitative estimate of drug-likeness (QED) is 0.580. The van der Waals surface area contributed by atoms with E-state index in [0.29, 0.717) is 11.4 Å². The summed E-state index contributed by atoms with van der Waals surface area (Å²) in [6, 6.07) is 4.95. The van der Waals surface area contributed by atoms with Gasteiger partial charge in [0, 0.05) is 41.1 Å². The largest absolute Gasteiger partial charge is 0.345 e. The van der Waals surface area contributed by atoms with Gasteiger partial charge in [-0.2, -0.15) is 5.10 Å². The Morgan fingerprint density at radius 2 is 2.04 bits per heavy atom. The zero-order valence-corrected chi connectivity index (χ0v) is 13.7. The lowest BCUT2D eigenvalue weighted by Crippen LogP contribution is -1.90. The van der Waals surface area contributed by atoms with Gasteiger partial charge in [0.25, 0.3) is 0 Å². The SMILES string of the molecule is Cn1cc(-c2ccnc3[nH]cc(Br)c23)c(-c2ccc(F)cn2)n1. The summed E-state index contributed by atoms with van der Waals surface area (Å²) in [5.74, 6) is -0.370. The zero-order valence-electron chi connectivity index (χ0n) is 12.1. The van der Waals surface area contributed by atoms with Crippen molar-refractivity contribution < 1.29 is 4.39 Å². The van der Waals surface area contributed by atoms with Crippen molar-refractivity contribution in [2.24, 2.45) is 7.05 Å². The van der Waals surface area contributed by atoms with Gasteiger partial charge in [-0.25, -0.2) is 9.37 Å². The molecule has 0 spiro atoms. The smallest absolute Gasteiger partial charge is 0.141 e. The third kappa shape index (κ3) is 2.33. The minimum atomic E-state index is -0.370. The van der Waals surface area contributed by atoms with Gasteiger partial charge in [0.15, 0.2) is 0 Å². The second kappa shape index (κ2) is 5.27. The topological polar surface area (TPSA) is 59.4 Å². The highest BCUT2D eigenvalue weighted by atomic mass is 79.9. The molecule has 0 atom stereocenters. The van der Waals surface area contributed by atoms with Crippen LogP contribution in [0.1, 0.15) is 0 Å². The molecule has 0 unspecified atom stereocenters. The summed E-state index contributed by atoms with van der Waals surface area (Å²) >= 11 is 3.55. The van der Waals surface area contributed by atoms with Crippen molar-refractivity contribution in [3.05, 3.63) is 53.3 Å². The van der Waals surface area contributed by atoms with Crippen molar-refractivity contribution in [3.8, 4) is 22.5 Å². The number of hydrogen-bond donors (Lipinski definition) is 1. The van der Waals surface area contributed by atoms with Crippen molar-refractivity contribution in [3.63, 3.8) is 0 Å². The monoisotopic (exact) mass is 371 g/mol. The molecular formula is C16H11BrFN5. The van der Waals surface area contributed by atoms with Crippen LogP contribution in [0.2, 0.25) is 0 Å². The van der Waals surface area contributed by atoms with Crippen molar-refractivity contribution in [1.82, 2.24) is 24.7 Å². The highest BCUT2D eigenvalue weighted by molar-refractivity contribution is 9.10. The van der Waals surface area contributed by atoms with E-state index in [1.165, 1.54) is 12.3 Å². The van der Waals surface area contributed by atoms with E-state index in [1.54, 1.807) is 16.9 Å². The maximum Gasteiger partial charge on any atom is 0.141 e. The molecule has 0 saturated heterocycles. The summed E-state index contributed by atoms with van der Waals surface area (Å²) in [4.78, 5) is 11.6. The molecule has 0 fully saturated rings. The molecule has 0 aliphatic rings. The van der Waals surface area contributed by atoms with Crippen LogP contribution in [0.3, 0.4) is 0 Å². The fourth-order valence-electron chi connectivity index (χ4n) is 2.63. The Morgan fingerprint density at radius 3 is 2.83 bits per heavy atom. The van der Waals surface area contributed by atoms with Crippen LogP contribution in [0.5, 0.6) is 0 Å². The second-order valence-electron chi connectivity index (χ2n) is 5.15. The summed E-state index contributed by atoms with van der Waals surface area (Å²) in [5.41, 5.74) is 4.01. The Bertz CT molecular complexity index is 1000. The molecular weight excluding hydrogens is 361 g/mol. The van der Waals surface area contributed by atoms with Crippen molar-refractivity contribution >= 4 is 27.0 Å². The van der Waals surface area contributed by atoms with E-state index in [-0.39, 0.29) is 5.82 Å². The Hall–Kier alpha value is -2.54. The number of aromatic nitrogens is 5. The molecule has 7 heteroatoms. The number of nitrogens with zero attached hydrogens (tertiary/aromatic N) is 4. The molecule has 0 saturated carbocycles. The first-order valence-electron chi connectivity index (χ1n) is 6.91. The van der Waals surface area contributed by atoms with Crippen LogP contribution in [0.25, 0.3) is 33.5 Å². The number of H-pyrrole nitrogens is 1. The van der Waals surface area contributed by atoms with Crippen LogP contribution in [-0.4, -0.2) is 24.7 Å². The van der Waals surface area contributed by atoms with Gasteiger partial charge in [0.05, 0.1) is 11.9 Å². The number of hydrogen-bond acceptors (Lipinski definition) is 3. The van der Waals surface area contributed by atoms with Gasteiger partial charge >= 0.3 is 0 Å². The third-order valence-corrected chi connectivity index (χ3v) is 4.24. The zero-order chi connectivity index (χ0) is 16.0. The van der Waals surface area contributed by atoms with Crippen LogP contribution in [0.4, 0.5) is 4.39 Å². The molecule has 114 valence electrons. The molecule has 4 heterocycles. The highest BCUT2D eigenvalue weighted by Crippen LogP contribution is 2.37. The van der Waals surface area contributed by atoms with Crippen LogP contribution in [0, 0.1) is 5.82 Å². The van der Waals surface area contributed by atoms with Crippen LogP contribution in [0.15, 0.2) is 47.5 Å². The normalized spacial score (nSPS) is 11.3. The van der Waals surface area contributed by atoms with Crippen molar-refractivity contribution in [1.29, 1.82) is 0 Å². The Balaban J connectivity index is 1.99. The Morgan fingerprint density at radius 1 is 1.17 bits per heavy atom. The summed E-state index contributed by atoms with van der Waals surface area (Å²) < 4.78 is 15.8. The van der Waals surface area contributed by atoms with Gasteiger partial charge in [-0.05, 0) is 39.7 Å². The predicted molar refractivity (Wildman–Crippen MR) is 89.2 cm³/mol. The first-order chi connectivity index (χ1) is 11.1. The third-order valence-electron chi connectivity index (χ3n) is 3.61. The lowest BCUT2D eigenvalue weighted by molar-refractivity contribution is 0.621. The average Bonchev–Trinajstić information content (AvgIpc) is 3.12. The fourth-order valence-corrected chi connectivity index (χ4v) is 3.15. The molecule has 23 heavy (non-hydrogen) atoms. The number of nitrogens with one attached hydrogen (secondary N) is 1. The van der Waals surface area contributed by atoms with Crippen molar-refractivity contribution in [2.45, 2.75) is 0 Å². The lowest BCUT2D eigenvalue weighted by Gasteiger charge is -2.04. The van der Waals surface area contributed by atoms with E-state index >= 15 is 0 Å². The number of aromatic amines is 1. The molecule has 4 aromatic rings.